The minimum absolute atomic E-state index is 0.676. The molecular formula is C24H29ClN4O2S. The summed E-state index contributed by atoms with van der Waals surface area (Å²) in [7, 11) is 1.65. The molecule has 0 aliphatic rings. The standard InChI is InChI=1S/C24H29ClN4O2S/c1-4-6-14-31-21-13-10-19(15-22(21)30-3)16-26-29-23(7-5-2)27-28-24(29)32-17-18-8-11-20(25)12-9-18/h8-13,15-16H,4-7,14,17H2,1-3H3/b26-16+. The summed E-state index contributed by atoms with van der Waals surface area (Å²) in [6, 6.07) is 13.6. The van der Waals surface area contributed by atoms with Gasteiger partial charge in [-0.1, -0.05) is 55.8 Å². The van der Waals surface area contributed by atoms with Crippen LogP contribution < -0.4 is 9.47 Å². The van der Waals surface area contributed by atoms with Crippen molar-refractivity contribution in [2.24, 2.45) is 5.10 Å². The molecule has 0 spiro atoms. The van der Waals surface area contributed by atoms with Crippen molar-refractivity contribution >= 4 is 29.6 Å². The van der Waals surface area contributed by atoms with E-state index in [4.69, 9.17) is 26.2 Å². The first-order valence-corrected chi connectivity index (χ1v) is 12.2. The Bertz CT molecular complexity index is 1020. The van der Waals surface area contributed by atoms with E-state index in [1.165, 1.54) is 5.56 Å². The van der Waals surface area contributed by atoms with Crippen molar-refractivity contribution < 1.29 is 9.47 Å². The summed E-state index contributed by atoms with van der Waals surface area (Å²) in [5, 5.41) is 14.9. The molecule has 2 aromatic carbocycles. The second-order valence-electron chi connectivity index (χ2n) is 7.23. The summed E-state index contributed by atoms with van der Waals surface area (Å²) >= 11 is 7.58. The highest BCUT2D eigenvalue weighted by atomic mass is 35.5. The van der Waals surface area contributed by atoms with E-state index in [1.807, 2.05) is 47.1 Å². The van der Waals surface area contributed by atoms with Gasteiger partial charge in [0.1, 0.15) is 0 Å². The molecule has 3 aromatic rings. The van der Waals surface area contributed by atoms with Gasteiger partial charge in [0, 0.05) is 17.2 Å². The monoisotopic (exact) mass is 472 g/mol. The van der Waals surface area contributed by atoms with Crippen molar-refractivity contribution in [3.8, 4) is 11.5 Å². The van der Waals surface area contributed by atoms with Gasteiger partial charge in [0.2, 0.25) is 5.16 Å². The first-order chi connectivity index (χ1) is 15.6. The molecule has 1 aromatic heterocycles. The molecule has 0 unspecified atom stereocenters. The highest BCUT2D eigenvalue weighted by Crippen LogP contribution is 2.28. The largest absolute Gasteiger partial charge is 0.493 e. The van der Waals surface area contributed by atoms with E-state index in [1.54, 1.807) is 25.1 Å². The van der Waals surface area contributed by atoms with Crippen LogP contribution in [0.4, 0.5) is 0 Å². The topological polar surface area (TPSA) is 61.5 Å². The van der Waals surface area contributed by atoms with E-state index in [0.717, 1.165) is 58.8 Å². The Kier molecular flexibility index (Phi) is 9.43. The van der Waals surface area contributed by atoms with E-state index in [2.05, 4.69) is 24.0 Å². The van der Waals surface area contributed by atoms with Gasteiger partial charge in [-0.05, 0) is 54.3 Å². The first-order valence-electron chi connectivity index (χ1n) is 10.8. The molecule has 3 rings (SSSR count). The molecule has 0 amide bonds. The quantitative estimate of drug-likeness (QED) is 0.177. The molecule has 0 saturated carbocycles. The molecule has 0 fully saturated rings. The van der Waals surface area contributed by atoms with Crippen LogP contribution in [0, 0.1) is 0 Å². The van der Waals surface area contributed by atoms with E-state index < -0.39 is 0 Å². The maximum Gasteiger partial charge on any atom is 0.212 e. The fraction of sp³-hybridized carbons (Fsp3) is 0.375. The normalized spacial score (nSPS) is 11.2. The van der Waals surface area contributed by atoms with Gasteiger partial charge in [-0.15, -0.1) is 10.2 Å². The lowest BCUT2D eigenvalue weighted by Gasteiger charge is -2.11. The van der Waals surface area contributed by atoms with Gasteiger partial charge in [-0.25, -0.2) is 0 Å². The van der Waals surface area contributed by atoms with Crippen molar-refractivity contribution in [3.63, 3.8) is 0 Å². The van der Waals surface area contributed by atoms with Crippen LogP contribution in [0.5, 0.6) is 11.5 Å². The van der Waals surface area contributed by atoms with E-state index in [0.29, 0.717) is 12.4 Å². The lowest BCUT2D eigenvalue weighted by molar-refractivity contribution is 0.288. The molecule has 6 nitrogen and oxygen atoms in total. The molecule has 1 heterocycles. The van der Waals surface area contributed by atoms with Crippen molar-refractivity contribution in [2.75, 3.05) is 13.7 Å². The maximum atomic E-state index is 5.99. The predicted molar refractivity (Wildman–Crippen MR) is 131 cm³/mol. The summed E-state index contributed by atoms with van der Waals surface area (Å²) in [6.45, 7) is 4.93. The van der Waals surface area contributed by atoms with Gasteiger partial charge in [0.15, 0.2) is 17.3 Å². The number of methoxy groups -OCH3 is 1. The summed E-state index contributed by atoms with van der Waals surface area (Å²) in [4.78, 5) is 0. The van der Waals surface area contributed by atoms with Crippen molar-refractivity contribution in [1.29, 1.82) is 0 Å². The molecule has 0 saturated heterocycles. The third-order valence-corrected chi connectivity index (χ3v) is 5.94. The number of ether oxygens (including phenoxy) is 2. The molecule has 8 heteroatoms. The number of rotatable bonds is 12. The zero-order valence-electron chi connectivity index (χ0n) is 18.8. The van der Waals surface area contributed by atoms with Gasteiger partial charge in [0.25, 0.3) is 0 Å². The van der Waals surface area contributed by atoms with Crippen molar-refractivity contribution in [2.45, 2.75) is 50.4 Å². The highest BCUT2D eigenvalue weighted by molar-refractivity contribution is 7.98. The minimum Gasteiger partial charge on any atom is -0.493 e. The second-order valence-corrected chi connectivity index (χ2v) is 8.61. The first kappa shape index (κ1) is 24.1. The number of benzene rings is 2. The number of thioether (sulfide) groups is 1. The van der Waals surface area contributed by atoms with Crippen LogP contribution in [0.3, 0.4) is 0 Å². The molecule has 0 radical (unpaired) electrons. The molecule has 0 aliphatic carbocycles. The summed E-state index contributed by atoms with van der Waals surface area (Å²) in [5.41, 5.74) is 2.08. The van der Waals surface area contributed by atoms with Gasteiger partial charge in [0.05, 0.1) is 19.9 Å². The molecule has 32 heavy (non-hydrogen) atoms. The number of halogens is 1. The van der Waals surface area contributed by atoms with Crippen molar-refractivity contribution in [1.82, 2.24) is 14.9 Å². The molecule has 0 bridgehead atoms. The predicted octanol–water partition coefficient (Wildman–Crippen LogP) is 6.25. The van der Waals surface area contributed by atoms with Gasteiger partial charge in [-0.2, -0.15) is 9.78 Å². The van der Waals surface area contributed by atoms with Crippen LogP contribution in [0.2, 0.25) is 5.02 Å². The third kappa shape index (κ3) is 6.74. The Morgan fingerprint density at radius 1 is 1.06 bits per heavy atom. The summed E-state index contributed by atoms with van der Waals surface area (Å²) in [6.07, 6.45) is 5.67. The van der Waals surface area contributed by atoms with E-state index in [9.17, 15) is 0 Å². The Morgan fingerprint density at radius 2 is 1.88 bits per heavy atom. The van der Waals surface area contributed by atoms with Gasteiger partial charge in [-0.3, -0.25) is 0 Å². The Labute approximate surface area is 199 Å². The van der Waals surface area contributed by atoms with Crippen LogP contribution in [0.25, 0.3) is 0 Å². The smallest absolute Gasteiger partial charge is 0.212 e. The SMILES string of the molecule is CCCCOc1ccc(/C=N/n2c(CCC)nnc2SCc2ccc(Cl)cc2)cc1OC. The Hall–Kier alpha value is -2.51. The number of hydrogen-bond donors (Lipinski definition) is 0. The Balaban J connectivity index is 1.77. The Morgan fingerprint density at radius 3 is 2.59 bits per heavy atom. The van der Waals surface area contributed by atoms with Crippen LogP contribution in [-0.4, -0.2) is 34.8 Å². The maximum absolute atomic E-state index is 5.99. The number of aromatic nitrogens is 3. The lowest BCUT2D eigenvalue weighted by atomic mass is 10.2. The van der Waals surface area contributed by atoms with Gasteiger partial charge < -0.3 is 9.47 Å². The molecule has 170 valence electrons. The molecule has 0 aliphatic heterocycles. The number of hydrogen-bond acceptors (Lipinski definition) is 6. The molecule has 0 atom stereocenters. The second kappa shape index (κ2) is 12.5. The average molecular weight is 473 g/mol. The zero-order chi connectivity index (χ0) is 22.8. The number of aryl methyl sites for hydroxylation is 1. The van der Waals surface area contributed by atoms with Crippen LogP contribution in [0.15, 0.2) is 52.7 Å². The van der Waals surface area contributed by atoms with E-state index >= 15 is 0 Å². The van der Waals surface area contributed by atoms with Gasteiger partial charge >= 0.3 is 0 Å². The third-order valence-electron chi connectivity index (χ3n) is 4.70. The summed E-state index contributed by atoms with van der Waals surface area (Å²) in [5.74, 6) is 3.04. The van der Waals surface area contributed by atoms with Crippen LogP contribution >= 0.6 is 23.4 Å². The number of nitrogens with zero attached hydrogens (tertiary/aromatic N) is 4. The molecular weight excluding hydrogens is 444 g/mol. The fourth-order valence-electron chi connectivity index (χ4n) is 2.94. The fourth-order valence-corrected chi connectivity index (χ4v) is 3.93. The summed E-state index contributed by atoms with van der Waals surface area (Å²) < 4.78 is 13.1. The van der Waals surface area contributed by atoms with E-state index in [-0.39, 0.29) is 0 Å². The molecule has 0 N–H and O–H groups in total. The van der Waals surface area contributed by atoms with Crippen LogP contribution in [-0.2, 0) is 12.2 Å². The lowest BCUT2D eigenvalue weighted by Crippen LogP contribution is -2.01. The highest BCUT2D eigenvalue weighted by Gasteiger charge is 2.12. The number of unbranched alkanes of at least 4 members (excludes halogenated alkanes) is 1. The van der Waals surface area contributed by atoms with Crippen LogP contribution in [0.1, 0.15) is 50.1 Å². The zero-order valence-corrected chi connectivity index (χ0v) is 20.3. The minimum atomic E-state index is 0.676. The average Bonchev–Trinajstić information content (AvgIpc) is 3.19. The van der Waals surface area contributed by atoms with Crippen molar-refractivity contribution in [3.05, 3.63) is 64.4 Å².